The monoisotopic (exact) mass is 485 g/mol. The van der Waals surface area contributed by atoms with Gasteiger partial charge < -0.3 is 24.0 Å². The first-order valence-electron chi connectivity index (χ1n) is 11.0. The van der Waals surface area contributed by atoms with Crippen molar-refractivity contribution in [2.45, 2.75) is 12.8 Å². The molecule has 4 heterocycles. The van der Waals surface area contributed by atoms with E-state index < -0.39 is 6.36 Å². The maximum absolute atomic E-state index is 12.4. The molecule has 0 aliphatic carbocycles. The van der Waals surface area contributed by atoms with Gasteiger partial charge in [0.15, 0.2) is 0 Å². The van der Waals surface area contributed by atoms with Crippen LogP contribution in [0.5, 0.6) is 5.75 Å². The van der Waals surface area contributed by atoms with E-state index in [-0.39, 0.29) is 17.5 Å². The van der Waals surface area contributed by atoms with Gasteiger partial charge in [0.25, 0.3) is 5.89 Å². The number of nitrogens with zero attached hydrogens (tertiary/aromatic N) is 6. The van der Waals surface area contributed by atoms with Gasteiger partial charge in [-0.1, -0.05) is 5.16 Å². The number of aryl methyl sites for hydroxylation is 1. The van der Waals surface area contributed by atoms with Gasteiger partial charge in [-0.2, -0.15) is 4.98 Å². The van der Waals surface area contributed by atoms with E-state index in [2.05, 4.69) is 41.1 Å². The van der Waals surface area contributed by atoms with Crippen LogP contribution in [-0.2, 0) is 13.5 Å². The Bertz CT molecular complexity index is 1300. The Hall–Kier alpha value is -3.93. The number of imidazole rings is 1. The number of aromatic nitrogens is 5. The molecule has 0 amide bonds. The number of halogens is 3. The second-order valence-corrected chi connectivity index (χ2v) is 8.08. The van der Waals surface area contributed by atoms with E-state index in [1.807, 2.05) is 23.9 Å². The largest absolute Gasteiger partial charge is 0.573 e. The van der Waals surface area contributed by atoms with Crippen LogP contribution in [-0.4, -0.2) is 57.2 Å². The van der Waals surface area contributed by atoms with Crippen LogP contribution in [0.2, 0.25) is 0 Å². The number of benzene rings is 1. The Balaban J connectivity index is 1.30. The second kappa shape index (κ2) is 9.37. The molecule has 35 heavy (non-hydrogen) atoms. The van der Waals surface area contributed by atoms with Crippen LogP contribution in [0.4, 0.5) is 19.0 Å². The Morgan fingerprint density at radius 3 is 2.60 bits per heavy atom. The van der Waals surface area contributed by atoms with E-state index >= 15 is 0 Å². The molecule has 0 atom stereocenters. The second-order valence-electron chi connectivity index (χ2n) is 8.08. The third-order valence-corrected chi connectivity index (χ3v) is 5.58. The zero-order chi connectivity index (χ0) is 24.4. The Morgan fingerprint density at radius 1 is 1.09 bits per heavy atom. The number of piperazine rings is 1. The summed E-state index contributed by atoms with van der Waals surface area (Å²) in [6.45, 7) is 3.71. The number of ether oxygens (including phenoxy) is 1. The lowest BCUT2D eigenvalue weighted by molar-refractivity contribution is -0.274. The molecule has 3 aromatic heterocycles. The average molecular weight is 485 g/mol. The molecule has 0 bridgehead atoms. The van der Waals surface area contributed by atoms with Crippen LogP contribution >= 0.6 is 0 Å². The van der Waals surface area contributed by atoms with Gasteiger partial charge >= 0.3 is 6.36 Å². The number of nitrogens with one attached hydrogen (secondary N) is 1. The van der Waals surface area contributed by atoms with E-state index in [9.17, 15) is 13.2 Å². The first kappa shape index (κ1) is 22.8. The molecule has 0 radical (unpaired) electrons. The van der Waals surface area contributed by atoms with E-state index in [1.165, 1.54) is 24.3 Å². The predicted molar refractivity (Wildman–Crippen MR) is 121 cm³/mol. The molecule has 0 saturated carbocycles. The summed E-state index contributed by atoms with van der Waals surface area (Å²) in [6.07, 6.45) is -0.544. The quantitative estimate of drug-likeness (QED) is 0.444. The lowest BCUT2D eigenvalue weighted by atomic mass is 10.2. The summed E-state index contributed by atoms with van der Waals surface area (Å²) in [4.78, 5) is 15.8. The number of alkyl halides is 3. The van der Waals surface area contributed by atoms with Crippen molar-refractivity contribution in [1.82, 2.24) is 30.0 Å². The zero-order valence-corrected chi connectivity index (χ0v) is 18.8. The van der Waals surface area contributed by atoms with Crippen molar-refractivity contribution in [3.8, 4) is 28.7 Å². The van der Waals surface area contributed by atoms with Crippen LogP contribution in [0.15, 0.2) is 53.3 Å². The van der Waals surface area contributed by atoms with Gasteiger partial charge in [0, 0.05) is 57.6 Å². The van der Waals surface area contributed by atoms with E-state index in [4.69, 9.17) is 4.52 Å². The predicted octanol–water partition coefficient (Wildman–Crippen LogP) is 3.43. The molecule has 1 aliphatic rings. The summed E-state index contributed by atoms with van der Waals surface area (Å²) in [5.41, 5.74) is 2.08. The molecule has 182 valence electrons. The van der Waals surface area contributed by atoms with Crippen molar-refractivity contribution >= 4 is 5.82 Å². The van der Waals surface area contributed by atoms with E-state index in [0.717, 1.165) is 43.4 Å². The minimum absolute atomic E-state index is 0.216. The van der Waals surface area contributed by atoms with Gasteiger partial charge in [0.05, 0.1) is 0 Å². The number of hydrogen-bond donors (Lipinski definition) is 1. The van der Waals surface area contributed by atoms with Crippen LogP contribution in [0.3, 0.4) is 0 Å². The Morgan fingerprint density at radius 2 is 1.86 bits per heavy atom. The Labute approximate surface area is 198 Å². The highest BCUT2D eigenvalue weighted by Crippen LogP contribution is 2.27. The molecule has 9 nitrogen and oxygen atoms in total. The molecule has 1 aliphatic heterocycles. The summed E-state index contributed by atoms with van der Waals surface area (Å²) in [5.74, 6) is 1.89. The third-order valence-electron chi connectivity index (χ3n) is 5.58. The molecule has 0 unspecified atom stereocenters. The van der Waals surface area contributed by atoms with Crippen molar-refractivity contribution in [2.75, 3.05) is 31.1 Å². The topological polar surface area (TPSA) is 94.1 Å². The molecule has 1 N–H and O–H groups in total. The lowest BCUT2D eigenvalue weighted by Gasteiger charge is -2.28. The van der Waals surface area contributed by atoms with Gasteiger partial charge in [-0.05, 0) is 42.0 Å². The number of anilines is 1. The van der Waals surface area contributed by atoms with Crippen molar-refractivity contribution in [2.24, 2.45) is 7.05 Å². The maximum Gasteiger partial charge on any atom is 0.573 e. The first-order valence-corrected chi connectivity index (χ1v) is 11.0. The van der Waals surface area contributed by atoms with Crippen molar-refractivity contribution in [1.29, 1.82) is 0 Å². The van der Waals surface area contributed by atoms with E-state index in [1.54, 1.807) is 6.20 Å². The minimum Gasteiger partial charge on any atom is -0.406 e. The summed E-state index contributed by atoms with van der Waals surface area (Å²) in [7, 11) is 1.89. The average Bonchev–Trinajstić information content (AvgIpc) is 3.47. The molecule has 0 spiro atoms. The smallest absolute Gasteiger partial charge is 0.406 e. The maximum atomic E-state index is 12.4. The molecule has 5 rings (SSSR count). The fourth-order valence-corrected chi connectivity index (χ4v) is 3.84. The summed E-state index contributed by atoms with van der Waals surface area (Å²) < 4.78 is 48.2. The number of rotatable bonds is 6. The van der Waals surface area contributed by atoms with E-state index in [0.29, 0.717) is 17.7 Å². The van der Waals surface area contributed by atoms with Crippen LogP contribution in [0.25, 0.3) is 23.0 Å². The fourth-order valence-electron chi connectivity index (χ4n) is 3.84. The minimum atomic E-state index is -4.75. The third kappa shape index (κ3) is 5.43. The number of hydrogen-bond acceptors (Lipinski definition) is 8. The SMILES string of the molecule is Cn1cc(-c2nc(-c3ccc(OC(F)(F)F)cc3)no2)nc1Cc1ccnc(N2CCNCC2)c1. The molecule has 12 heteroatoms. The number of pyridine rings is 1. The lowest BCUT2D eigenvalue weighted by Crippen LogP contribution is -2.43. The van der Waals surface area contributed by atoms with Gasteiger partial charge in [0.1, 0.15) is 23.1 Å². The first-order chi connectivity index (χ1) is 16.8. The van der Waals surface area contributed by atoms with Crippen molar-refractivity contribution in [3.05, 3.63) is 60.2 Å². The Kier molecular flexibility index (Phi) is 6.12. The van der Waals surface area contributed by atoms with Crippen molar-refractivity contribution in [3.63, 3.8) is 0 Å². The molecular weight excluding hydrogens is 463 g/mol. The van der Waals surface area contributed by atoms with Crippen LogP contribution in [0.1, 0.15) is 11.4 Å². The molecule has 4 aromatic rings. The van der Waals surface area contributed by atoms with Crippen LogP contribution in [0, 0.1) is 0 Å². The highest BCUT2D eigenvalue weighted by Gasteiger charge is 2.31. The fraction of sp³-hybridized carbons (Fsp3) is 0.304. The van der Waals surface area contributed by atoms with Crippen molar-refractivity contribution < 1.29 is 22.4 Å². The summed E-state index contributed by atoms with van der Waals surface area (Å²) >= 11 is 0. The van der Waals surface area contributed by atoms with Gasteiger partial charge in [-0.25, -0.2) is 9.97 Å². The van der Waals surface area contributed by atoms with Gasteiger partial charge in [-0.3, -0.25) is 0 Å². The standard InChI is InChI=1S/C23H22F3N7O2/c1-32-14-18(22-30-21(31-35-22)16-2-4-17(5-3-16)34-23(24,25)26)29-20(32)13-15-6-7-28-19(12-15)33-10-8-27-9-11-33/h2-7,12,14,27H,8-11,13H2,1H3. The highest BCUT2D eigenvalue weighted by molar-refractivity contribution is 5.58. The molecular formula is C23H22F3N7O2. The van der Waals surface area contributed by atoms with Crippen LogP contribution < -0.4 is 15.0 Å². The highest BCUT2D eigenvalue weighted by atomic mass is 19.4. The molecule has 1 fully saturated rings. The molecule has 1 aromatic carbocycles. The molecule has 1 saturated heterocycles. The zero-order valence-electron chi connectivity index (χ0n) is 18.8. The summed E-state index contributed by atoms with van der Waals surface area (Å²) in [5, 5.41) is 7.27. The van der Waals surface area contributed by atoms with Gasteiger partial charge in [-0.15, -0.1) is 13.2 Å². The normalized spacial score (nSPS) is 14.3. The van der Waals surface area contributed by atoms with Gasteiger partial charge in [0.2, 0.25) is 5.82 Å². The summed E-state index contributed by atoms with van der Waals surface area (Å²) in [6, 6.07) is 9.30.